The molecule has 0 atom stereocenters. The van der Waals surface area contributed by atoms with Crippen LogP contribution in [0.2, 0.25) is 0 Å². The molecule has 42 valence electrons. The maximum atomic E-state index is 4.30. The lowest BCUT2D eigenvalue weighted by Crippen LogP contribution is -1.67. The van der Waals surface area contributed by atoms with Crippen molar-refractivity contribution < 1.29 is 14.9 Å². The summed E-state index contributed by atoms with van der Waals surface area (Å²) in [5, 5.41) is 0. The van der Waals surface area contributed by atoms with Crippen LogP contribution in [-0.4, -0.2) is 19.7 Å². The van der Waals surface area contributed by atoms with Gasteiger partial charge in [-0.25, -0.2) is 0 Å². The van der Waals surface area contributed by atoms with E-state index in [0.29, 0.717) is 0 Å². The van der Waals surface area contributed by atoms with E-state index in [1.165, 1.54) is 14.2 Å². The molecule has 0 saturated heterocycles. The van der Waals surface area contributed by atoms with E-state index >= 15 is 0 Å². The van der Waals surface area contributed by atoms with Gasteiger partial charge in [0.25, 0.3) is 0 Å². The highest BCUT2D eigenvalue weighted by molar-refractivity contribution is 4.78. The predicted octanol–water partition coefficient (Wildman–Crippen LogP) is -0.627. The van der Waals surface area contributed by atoms with E-state index in [4.69, 9.17) is 0 Å². The van der Waals surface area contributed by atoms with Crippen LogP contribution in [0.25, 0.3) is 0 Å². The fourth-order valence-corrected chi connectivity index (χ4v) is 0.0833. The van der Waals surface area contributed by atoms with Gasteiger partial charge in [-0.2, -0.15) is 0 Å². The molecule has 0 spiro atoms. The van der Waals surface area contributed by atoms with Crippen LogP contribution in [-0.2, 0) is 9.47 Å². The molecule has 3 nitrogen and oxygen atoms in total. The Kier molecular flexibility index (Phi) is 12.1. The molecule has 0 amide bonds. The summed E-state index contributed by atoms with van der Waals surface area (Å²) in [5.41, 5.74) is 0. The maximum Gasteiger partial charge on any atom is 0.154 e. The molecule has 0 heterocycles. The minimum atomic E-state index is 0. The molecule has 0 saturated carbocycles. The van der Waals surface area contributed by atoms with E-state index in [0.717, 1.165) is 0 Å². The molecule has 0 aliphatic carbocycles. The van der Waals surface area contributed by atoms with E-state index in [2.05, 4.69) is 21.7 Å². The molecule has 0 radical (unpaired) electrons. The Balaban J connectivity index is 0. The van der Waals surface area contributed by atoms with Gasteiger partial charge in [-0.1, -0.05) is 0 Å². The van der Waals surface area contributed by atoms with Crippen molar-refractivity contribution in [1.82, 2.24) is 0 Å². The van der Waals surface area contributed by atoms with Crippen LogP contribution in [0.3, 0.4) is 0 Å². The molecule has 0 aliphatic rings. The Bertz CT molecular complexity index is 60.7. The van der Waals surface area contributed by atoms with Gasteiger partial charge in [0.15, 0.2) is 12.2 Å². The zero-order chi connectivity index (χ0) is 4.83. The van der Waals surface area contributed by atoms with Crippen LogP contribution in [0.15, 0.2) is 0 Å². The Morgan fingerprint density at radius 3 is 1.43 bits per heavy atom. The molecule has 0 fully saturated rings. The Labute approximate surface area is 42.5 Å². The first-order chi connectivity index (χ1) is 2.91. The van der Waals surface area contributed by atoms with Crippen LogP contribution >= 0.6 is 0 Å². The van der Waals surface area contributed by atoms with Gasteiger partial charge in [0.1, 0.15) is 0 Å². The summed E-state index contributed by atoms with van der Waals surface area (Å²) >= 11 is 0. The van der Waals surface area contributed by atoms with Crippen LogP contribution in [0.1, 0.15) is 0 Å². The number of rotatable bonds is 0. The molecule has 0 aromatic rings. The lowest BCUT2D eigenvalue weighted by molar-refractivity contribution is 0.336. The Morgan fingerprint density at radius 1 is 1.00 bits per heavy atom. The van der Waals surface area contributed by atoms with Crippen molar-refractivity contribution in [2.75, 3.05) is 14.2 Å². The molecule has 0 unspecified atom stereocenters. The zero-order valence-corrected chi connectivity index (χ0v) is 4.32. The zero-order valence-electron chi connectivity index (χ0n) is 4.32. The minimum Gasteiger partial charge on any atom is -0.448 e. The van der Waals surface area contributed by atoms with E-state index in [1.807, 2.05) is 0 Å². The second-order valence-electron chi connectivity index (χ2n) is 0.612. The fourth-order valence-electron chi connectivity index (χ4n) is 0.0833. The third-order valence-electron chi connectivity index (χ3n) is 0.246. The Morgan fingerprint density at radius 2 is 1.29 bits per heavy atom. The van der Waals surface area contributed by atoms with Crippen molar-refractivity contribution in [1.29, 1.82) is 0 Å². The predicted molar refractivity (Wildman–Crippen MR) is 25.4 cm³/mol. The third-order valence-corrected chi connectivity index (χ3v) is 0.246. The summed E-state index contributed by atoms with van der Waals surface area (Å²) in [4.78, 5) is 0. The molecule has 0 aliphatic heterocycles. The largest absolute Gasteiger partial charge is 0.448 e. The molecule has 0 rings (SSSR count). The maximum absolute atomic E-state index is 4.30. The molecule has 2 N–H and O–H groups in total. The van der Waals surface area contributed by atoms with Gasteiger partial charge >= 0.3 is 0 Å². The number of methoxy groups -OCH3 is 2. The van der Waals surface area contributed by atoms with Gasteiger partial charge < -0.3 is 14.9 Å². The van der Waals surface area contributed by atoms with Crippen LogP contribution in [0, 0.1) is 12.2 Å². The number of ether oxygens (including phenoxy) is 2. The summed E-state index contributed by atoms with van der Waals surface area (Å²) in [7, 11) is 2.96. The molecule has 0 aromatic heterocycles. The molecular weight excluding hydrogens is 96.0 g/mol. The normalized spacial score (nSPS) is 4.29. The van der Waals surface area contributed by atoms with Gasteiger partial charge in [0, 0.05) is 0 Å². The highest BCUT2D eigenvalue weighted by atomic mass is 16.5. The average molecular weight is 104 g/mol. The number of hydrogen-bond donors (Lipinski definition) is 0. The summed E-state index contributed by atoms with van der Waals surface area (Å²) < 4.78 is 8.59. The second kappa shape index (κ2) is 8.93. The molecule has 7 heavy (non-hydrogen) atoms. The minimum absolute atomic E-state index is 0. The van der Waals surface area contributed by atoms with Crippen molar-refractivity contribution in [2.45, 2.75) is 0 Å². The summed E-state index contributed by atoms with van der Waals surface area (Å²) in [5.74, 6) is 0. The van der Waals surface area contributed by atoms with Crippen molar-refractivity contribution in [3.8, 4) is 12.2 Å². The quantitative estimate of drug-likeness (QED) is 0.384. The van der Waals surface area contributed by atoms with E-state index in [1.54, 1.807) is 0 Å². The van der Waals surface area contributed by atoms with E-state index < -0.39 is 0 Å². The molecular formula is C4H8O3. The second-order valence-corrected chi connectivity index (χ2v) is 0.612. The van der Waals surface area contributed by atoms with Gasteiger partial charge in [-0.05, 0) is 0 Å². The van der Waals surface area contributed by atoms with Crippen molar-refractivity contribution >= 4 is 0 Å². The average Bonchev–Trinajstić information content (AvgIpc) is 1.61. The van der Waals surface area contributed by atoms with Crippen molar-refractivity contribution in [2.24, 2.45) is 0 Å². The summed E-state index contributed by atoms with van der Waals surface area (Å²) in [6.45, 7) is 0. The Hall–Kier alpha value is -0.880. The first-order valence-corrected chi connectivity index (χ1v) is 1.47. The van der Waals surface area contributed by atoms with Gasteiger partial charge in [0.05, 0.1) is 14.2 Å². The third kappa shape index (κ3) is 11.1. The lowest BCUT2D eigenvalue weighted by Gasteiger charge is -1.75. The molecule has 0 bridgehead atoms. The first-order valence-electron chi connectivity index (χ1n) is 1.47. The standard InChI is InChI=1S/C4H6O2.H2O/c1-5-3-4-6-2;/h1-2H3;1H2. The monoisotopic (exact) mass is 104 g/mol. The fraction of sp³-hybridized carbons (Fsp3) is 0.500. The lowest BCUT2D eigenvalue weighted by atomic mass is 11.2. The van der Waals surface area contributed by atoms with Crippen molar-refractivity contribution in [3.05, 3.63) is 0 Å². The molecule has 3 heteroatoms. The SMILES string of the molecule is COC#COC.O. The smallest absolute Gasteiger partial charge is 0.154 e. The highest BCUT2D eigenvalue weighted by Crippen LogP contribution is 1.55. The summed E-state index contributed by atoms with van der Waals surface area (Å²) in [6.07, 6.45) is 4.45. The van der Waals surface area contributed by atoms with Crippen LogP contribution in [0.4, 0.5) is 0 Å². The highest BCUT2D eigenvalue weighted by Gasteiger charge is 1.52. The van der Waals surface area contributed by atoms with E-state index in [9.17, 15) is 0 Å². The summed E-state index contributed by atoms with van der Waals surface area (Å²) in [6, 6.07) is 0. The molecule has 0 aromatic carbocycles. The van der Waals surface area contributed by atoms with E-state index in [-0.39, 0.29) is 5.48 Å². The number of hydrogen-bond acceptors (Lipinski definition) is 2. The first kappa shape index (κ1) is 9.45. The van der Waals surface area contributed by atoms with Crippen LogP contribution in [0.5, 0.6) is 0 Å². The van der Waals surface area contributed by atoms with Crippen LogP contribution < -0.4 is 0 Å². The van der Waals surface area contributed by atoms with Gasteiger partial charge in [-0.15, -0.1) is 0 Å². The topological polar surface area (TPSA) is 50.0 Å². The van der Waals surface area contributed by atoms with Gasteiger partial charge in [0.2, 0.25) is 0 Å². The van der Waals surface area contributed by atoms with Gasteiger partial charge in [-0.3, -0.25) is 0 Å². The van der Waals surface area contributed by atoms with Crippen molar-refractivity contribution in [3.63, 3.8) is 0 Å².